The van der Waals surface area contributed by atoms with Crippen molar-refractivity contribution in [1.29, 1.82) is 0 Å². The average Bonchev–Trinajstić information content (AvgIpc) is 3.14. The summed E-state index contributed by atoms with van der Waals surface area (Å²) < 4.78 is 32.7. The van der Waals surface area contributed by atoms with Crippen LogP contribution in [-0.4, -0.2) is 49.8 Å². The third-order valence-electron chi connectivity index (χ3n) is 4.88. The van der Waals surface area contributed by atoms with Crippen LogP contribution in [0.15, 0.2) is 23.1 Å². The lowest BCUT2D eigenvalue weighted by Gasteiger charge is -2.36. The fraction of sp³-hybridized carbons (Fsp3) is 0.600. The van der Waals surface area contributed by atoms with E-state index in [1.165, 1.54) is 6.42 Å². The molecule has 5 nitrogen and oxygen atoms in total. The summed E-state index contributed by atoms with van der Waals surface area (Å²) in [5, 5.41) is 0. The Morgan fingerprint density at radius 3 is 2.86 bits per heavy atom. The van der Waals surface area contributed by atoms with Crippen LogP contribution >= 0.6 is 0 Å². The van der Waals surface area contributed by atoms with Crippen molar-refractivity contribution in [3.63, 3.8) is 0 Å². The minimum Gasteiger partial charge on any atom is -0.372 e. The zero-order valence-corrected chi connectivity index (χ0v) is 12.8. The number of fused-ring (bicyclic) bond motifs is 2. The first-order chi connectivity index (χ1) is 10.1. The molecule has 3 aliphatic rings. The maximum absolute atomic E-state index is 12.8. The van der Waals surface area contributed by atoms with Gasteiger partial charge in [-0.2, -0.15) is 4.31 Å². The summed E-state index contributed by atoms with van der Waals surface area (Å²) in [6.07, 6.45) is 2.30. The van der Waals surface area contributed by atoms with Crippen molar-refractivity contribution in [3.8, 4) is 0 Å². The summed E-state index contributed by atoms with van der Waals surface area (Å²) in [7, 11) is -3.37. The van der Waals surface area contributed by atoms with Crippen LogP contribution in [0.1, 0.15) is 24.0 Å². The Morgan fingerprint density at radius 2 is 1.95 bits per heavy atom. The molecule has 4 rings (SSSR count). The van der Waals surface area contributed by atoms with Gasteiger partial charge in [0, 0.05) is 25.7 Å². The standard InChI is InChI=1S/C15H20N2O3S/c18-21(19,15-4-3-12-10-20-11-13(12)8-15)17-7-6-16-5-1-2-14(16)9-17/h3-4,8,14H,1-2,5-7,9-11H2/t14-/m1/s1. The molecule has 2 saturated heterocycles. The van der Waals surface area contributed by atoms with Crippen LogP contribution in [0.3, 0.4) is 0 Å². The normalized spacial score (nSPS) is 26.8. The van der Waals surface area contributed by atoms with E-state index in [9.17, 15) is 8.42 Å². The molecular formula is C15H20N2O3S. The number of sulfonamides is 1. The van der Waals surface area contributed by atoms with Gasteiger partial charge in [0.1, 0.15) is 0 Å². The van der Waals surface area contributed by atoms with Crippen molar-refractivity contribution in [2.75, 3.05) is 26.2 Å². The predicted molar refractivity (Wildman–Crippen MR) is 78.3 cm³/mol. The van der Waals surface area contributed by atoms with Gasteiger partial charge in [-0.1, -0.05) is 6.07 Å². The number of benzene rings is 1. The zero-order chi connectivity index (χ0) is 14.4. The lowest BCUT2D eigenvalue weighted by atomic mass is 10.1. The first-order valence-electron chi connectivity index (χ1n) is 7.58. The van der Waals surface area contributed by atoms with Gasteiger partial charge in [0.25, 0.3) is 0 Å². The number of piperazine rings is 1. The smallest absolute Gasteiger partial charge is 0.243 e. The SMILES string of the molecule is O=S(=O)(c1ccc2c(c1)COC2)N1CCN2CCC[C@@H]2C1. The highest BCUT2D eigenvalue weighted by atomic mass is 32.2. The van der Waals surface area contributed by atoms with Gasteiger partial charge in [-0.05, 0) is 42.6 Å². The maximum Gasteiger partial charge on any atom is 0.243 e. The topological polar surface area (TPSA) is 49.9 Å². The Hall–Kier alpha value is -0.950. The Labute approximate surface area is 125 Å². The summed E-state index contributed by atoms with van der Waals surface area (Å²) in [6.45, 7) is 4.33. The number of hydrogen-bond donors (Lipinski definition) is 0. The Bertz CT molecular complexity index is 659. The van der Waals surface area contributed by atoms with E-state index in [0.717, 1.165) is 30.6 Å². The van der Waals surface area contributed by atoms with E-state index in [0.29, 0.717) is 37.2 Å². The second kappa shape index (κ2) is 5.05. The summed E-state index contributed by atoms with van der Waals surface area (Å²) >= 11 is 0. The Morgan fingerprint density at radius 1 is 1.10 bits per heavy atom. The van der Waals surface area contributed by atoms with Gasteiger partial charge in [-0.3, -0.25) is 4.90 Å². The summed E-state index contributed by atoms with van der Waals surface area (Å²) in [5.41, 5.74) is 2.12. The van der Waals surface area contributed by atoms with Gasteiger partial charge in [-0.25, -0.2) is 8.42 Å². The van der Waals surface area contributed by atoms with Gasteiger partial charge >= 0.3 is 0 Å². The second-order valence-electron chi connectivity index (χ2n) is 6.12. The van der Waals surface area contributed by atoms with Crippen LogP contribution in [0.25, 0.3) is 0 Å². The van der Waals surface area contributed by atoms with Crippen LogP contribution in [0.5, 0.6) is 0 Å². The van der Waals surface area contributed by atoms with Crippen LogP contribution in [0.2, 0.25) is 0 Å². The molecule has 0 bridgehead atoms. The van der Waals surface area contributed by atoms with E-state index < -0.39 is 10.0 Å². The molecule has 1 aromatic rings. The Balaban J connectivity index is 1.61. The van der Waals surface area contributed by atoms with Gasteiger partial charge in [-0.15, -0.1) is 0 Å². The first kappa shape index (κ1) is 13.7. The van der Waals surface area contributed by atoms with Gasteiger partial charge in [0.15, 0.2) is 0 Å². The van der Waals surface area contributed by atoms with E-state index in [2.05, 4.69) is 4.90 Å². The van der Waals surface area contributed by atoms with Crippen LogP contribution in [0.4, 0.5) is 0 Å². The van der Waals surface area contributed by atoms with Crippen molar-refractivity contribution in [2.24, 2.45) is 0 Å². The third-order valence-corrected chi connectivity index (χ3v) is 6.74. The quantitative estimate of drug-likeness (QED) is 0.823. The molecule has 3 aliphatic heterocycles. The molecule has 0 saturated carbocycles. The molecule has 21 heavy (non-hydrogen) atoms. The molecular weight excluding hydrogens is 288 g/mol. The Kier molecular flexibility index (Phi) is 3.29. The number of hydrogen-bond acceptors (Lipinski definition) is 4. The molecule has 3 heterocycles. The van der Waals surface area contributed by atoms with E-state index >= 15 is 0 Å². The highest BCUT2D eigenvalue weighted by Gasteiger charge is 2.36. The predicted octanol–water partition coefficient (Wildman–Crippen LogP) is 1.19. The van der Waals surface area contributed by atoms with Crippen LogP contribution in [-0.2, 0) is 28.0 Å². The molecule has 0 spiro atoms. The van der Waals surface area contributed by atoms with Gasteiger partial charge in [0.05, 0.1) is 18.1 Å². The van der Waals surface area contributed by atoms with E-state index in [1.54, 1.807) is 16.4 Å². The van der Waals surface area contributed by atoms with Gasteiger partial charge < -0.3 is 4.74 Å². The molecule has 0 amide bonds. The average molecular weight is 308 g/mol. The van der Waals surface area contributed by atoms with Crippen LogP contribution in [0, 0.1) is 0 Å². The maximum atomic E-state index is 12.8. The highest BCUT2D eigenvalue weighted by Crippen LogP contribution is 2.28. The second-order valence-corrected chi connectivity index (χ2v) is 8.06. The summed E-state index contributed by atoms with van der Waals surface area (Å²) in [5.74, 6) is 0. The summed E-state index contributed by atoms with van der Waals surface area (Å²) in [4.78, 5) is 2.83. The molecule has 6 heteroatoms. The largest absolute Gasteiger partial charge is 0.372 e. The third kappa shape index (κ3) is 2.30. The molecule has 0 aromatic heterocycles. The molecule has 0 N–H and O–H groups in total. The molecule has 0 unspecified atom stereocenters. The molecule has 0 aliphatic carbocycles. The lowest BCUT2D eigenvalue weighted by molar-refractivity contribution is 0.134. The van der Waals surface area contributed by atoms with Crippen LogP contribution < -0.4 is 0 Å². The fourth-order valence-corrected chi connectivity index (χ4v) is 5.16. The van der Waals surface area contributed by atoms with E-state index in [-0.39, 0.29) is 0 Å². The first-order valence-corrected chi connectivity index (χ1v) is 9.02. The molecule has 2 fully saturated rings. The number of nitrogens with zero attached hydrogens (tertiary/aromatic N) is 2. The monoisotopic (exact) mass is 308 g/mol. The minimum absolute atomic E-state index is 0.409. The zero-order valence-electron chi connectivity index (χ0n) is 12.0. The highest BCUT2D eigenvalue weighted by molar-refractivity contribution is 7.89. The molecule has 0 radical (unpaired) electrons. The van der Waals surface area contributed by atoms with Crippen molar-refractivity contribution in [3.05, 3.63) is 29.3 Å². The van der Waals surface area contributed by atoms with E-state index in [4.69, 9.17) is 4.74 Å². The fourth-order valence-electron chi connectivity index (χ4n) is 3.64. The summed E-state index contributed by atoms with van der Waals surface area (Å²) in [6, 6.07) is 5.81. The minimum atomic E-state index is -3.37. The van der Waals surface area contributed by atoms with E-state index in [1.807, 2.05) is 6.07 Å². The molecule has 1 aromatic carbocycles. The van der Waals surface area contributed by atoms with Gasteiger partial charge in [0.2, 0.25) is 10.0 Å². The molecule has 114 valence electrons. The van der Waals surface area contributed by atoms with Crippen molar-refractivity contribution in [1.82, 2.24) is 9.21 Å². The number of rotatable bonds is 2. The van der Waals surface area contributed by atoms with Crippen molar-refractivity contribution >= 4 is 10.0 Å². The number of ether oxygens (including phenoxy) is 1. The van der Waals surface area contributed by atoms with Crippen molar-refractivity contribution in [2.45, 2.75) is 37.0 Å². The molecule has 1 atom stereocenters. The lowest BCUT2D eigenvalue weighted by Crippen LogP contribution is -2.51. The van der Waals surface area contributed by atoms with Crippen molar-refractivity contribution < 1.29 is 13.2 Å².